The molecule has 6 nitrogen and oxygen atoms in total. The monoisotopic (exact) mass is 488 g/mol. The molecule has 0 fully saturated rings. The second kappa shape index (κ2) is 9.32. The summed E-state index contributed by atoms with van der Waals surface area (Å²) in [7, 11) is 0. The van der Waals surface area contributed by atoms with Crippen molar-refractivity contribution in [1.82, 2.24) is 9.13 Å². The molecule has 0 aliphatic heterocycles. The van der Waals surface area contributed by atoms with Gasteiger partial charge < -0.3 is 4.74 Å². The predicted octanol–water partition coefficient (Wildman–Crippen LogP) is 4.86. The first-order valence-corrected chi connectivity index (χ1v) is 11.4. The van der Waals surface area contributed by atoms with E-state index in [-0.39, 0.29) is 24.3 Å². The van der Waals surface area contributed by atoms with E-state index in [9.17, 15) is 14.4 Å². The van der Waals surface area contributed by atoms with E-state index >= 15 is 0 Å². The fourth-order valence-electron chi connectivity index (χ4n) is 3.43. The first-order valence-electron chi connectivity index (χ1n) is 9.80. The average Bonchev–Trinajstić information content (AvgIpc) is 3.29. The van der Waals surface area contributed by atoms with Gasteiger partial charge in [0.25, 0.3) is 5.56 Å². The molecule has 0 amide bonds. The minimum absolute atomic E-state index is 0.112. The molecule has 4 rings (SSSR count). The summed E-state index contributed by atoms with van der Waals surface area (Å²) in [5, 5.41) is 2.82. The fraction of sp³-hybridized carbons (Fsp3) is 0.174. The molecule has 0 atom stereocenters. The molecule has 0 radical (unpaired) electrons. The first-order chi connectivity index (χ1) is 15.4. The predicted molar refractivity (Wildman–Crippen MR) is 128 cm³/mol. The minimum atomic E-state index is -0.566. The van der Waals surface area contributed by atoms with Crippen LogP contribution in [0.15, 0.2) is 63.5 Å². The van der Waals surface area contributed by atoms with Gasteiger partial charge >= 0.3 is 5.69 Å². The summed E-state index contributed by atoms with van der Waals surface area (Å²) in [5.41, 5.74) is -0.335. The standard InChI is InChI=1S/C23H18Cl2N2O4S/c1-2-31-21-8-5-14(10-18(21)25)20(28)13-26-19-7-6-15(24)11-17(19)22(29)27(23(26)30)12-16-4-3-9-32-16/h3-11H,2,12-13H2,1H3. The topological polar surface area (TPSA) is 70.3 Å². The number of nitrogens with zero attached hydrogens (tertiary/aromatic N) is 2. The first kappa shape index (κ1) is 22.3. The van der Waals surface area contributed by atoms with E-state index in [0.29, 0.717) is 33.5 Å². The Bertz CT molecular complexity index is 1420. The summed E-state index contributed by atoms with van der Waals surface area (Å²) in [6, 6.07) is 13.1. The molecular weight excluding hydrogens is 471 g/mol. The zero-order valence-corrected chi connectivity index (χ0v) is 19.3. The van der Waals surface area contributed by atoms with Gasteiger partial charge in [-0.15, -0.1) is 11.3 Å². The molecule has 0 bridgehead atoms. The van der Waals surface area contributed by atoms with Gasteiger partial charge in [-0.05, 0) is 54.8 Å². The number of rotatable bonds is 7. The quantitative estimate of drug-likeness (QED) is 0.348. The highest BCUT2D eigenvalue weighted by molar-refractivity contribution is 7.09. The summed E-state index contributed by atoms with van der Waals surface area (Å²) in [5.74, 6) is 0.155. The lowest BCUT2D eigenvalue weighted by atomic mass is 10.1. The van der Waals surface area contributed by atoms with Crippen molar-refractivity contribution in [1.29, 1.82) is 0 Å². The van der Waals surface area contributed by atoms with Gasteiger partial charge in [-0.3, -0.25) is 18.7 Å². The van der Waals surface area contributed by atoms with E-state index in [0.717, 1.165) is 9.44 Å². The number of fused-ring (bicyclic) bond motifs is 1. The summed E-state index contributed by atoms with van der Waals surface area (Å²) < 4.78 is 7.84. The third-order valence-corrected chi connectivity index (χ3v) is 6.33. The molecule has 2 aromatic heterocycles. The van der Waals surface area contributed by atoms with Crippen molar-refractivity contribution in [3.63, 3.8) is 0 Å². The van der Waals surface area contributed by atoms with Crippen LogP contribution >= 0.6 is 34.5 Å². The van der Waals surface area contributed by atoms with Gasteiger partial charge in [0.15, 0.2) is 5.78 Å². The Hall–Kier alpha value is -2.87. The third kappa shape index (κ3) is 4.37. The SMILES string of the molecule is CCOc1ccc(C(=O)Cn2c(=O)n(Cc3cccs3)c(=O)c3cc(Cl)ccc32)cc1Cl. The number of benzene rings is 2. The highest BCUT2D eigenvalue weighted by atomic mass is 35.5. The normalized spacial score (nSPS) is 11.1. The molecule has 4 aromatic rings. The summed E-state index contributed by atoms with van der Waals surface area (Å²) in [4.78, 5) is 40.2. The Balaban J connectivity index is 1.81. The van der Waals surface area contributed by atoms with Crippen LogP contribution in [-0.2, 0) is 13.1 Å². The molecule has 0 saturated carbocycles. The number of carbonyl (C=O) groups excluding carboxylic acids is 1. The largest absolute Gasteiger partial charge is 0.492 e. The Morgan fingerprint density at radius 1 is 1.06 bits per heavy atom. The third-order valence-electron chi connectivity index (χ3n) is 4.94. The summed E-state index contributed by atoms with van der Waals surface area (Å²) >= 11 is 13.8. The van der Waals surface area contributed by atoms with Crippen LogP contribution in [0.1, 0.15) is 22.2 Å². The molecule has 164 valence electrons. The van der Waals surface area contributed by atoms with Crippen molar-refractivity contribution in [3.8, 4) is 5.75 Å². The molecule has 0 unspecified atom stereocenters. The number of carbonyl (C=O) groups is 1. The van der Waals surface area contributed by atoms with E-state index in [1.807, 2.05) is 24.4 Å². The van der Waals surface area contributed by atoms with Crippen LogP contribution in [0.4, 0.5) is 0 Å². The zero-order chi connectivity index (χ0) is 22.8. The lowest BCUT2D eigenvalue weighted by Crippen LogP contribution is -2.41. The smallest absolute Gasteiger partial charge is 0.332 e. The van der Waals surface area contributed by atoms with E-state index < -0.39 is 11.2 Å². The van der Waals surface area contributed by atoms with Gasteiger partial charge in [0, 0.05) is 15.5 Å². The number of aromatic nitrogens is 2. The highest BCUT2D eigenvalue weighted by Gasteiger charge is 2.18. The number of hydrogen-bond acceptors (Lipinski definition) is 5. The van der Waals surface area contributed by atoms with Crippen LogP contribution in [0.25, 0.3) is 10.9 Å². The lowest BCUT2D eigenvalue weighted by molar-refractivity contribution is 0.0971. The molecule has 0 aliphatic rings. The van der Waals surface area contributed by atoms with Crippen LogP contribution in [-0.4, -0.2) is 21.5 Å². The maximum Gasteiger partial charge on any atom is 0.332 e. The number of halogens is 2. The molecule has 2 aromatic carbocycles. The molecular formula is C23H18Cl2N2O4S. The molecule has 0 spiro atoms. The van der Waals surface area contributed by atoms with E-state index in [4.69, 9.17) is 27.9 Å². The number of thiophene rings is 1. The van der Waals surface area contributed by atoms with Crippen molar-refractivity contribution in [3.05, 3.63) is 95.2 Å². The Kier molecular flexibility index (Phi) is 6.50. The van der Waals surface area contributed by atoms with Crippen LogP contribution in [0, 0.1) is 0 Å². The van der Waals surface area contributed by atoms with Crippen molar-refractivity contribution in [2.24, 2.45) is 0 Å². The van der Waals surface area contributed by atoms with Crippen LogP contribution in [0.2, 0.25) is 10.0 Å². The van der Waals surface area contributed by atoms with Gasteiger partial charge in [0.1, 0.15) is 5.75 Å². The zero-order valence-electron chi connectivity index (χ0n) is 17.0. The van der Waals surface area contributed by atoms with Crippen LogP contribution < -0.4 is 16.0 Å². The van der Waals surface area contributed by atoms with E-state index in [1.54, 1.807) is 24.3 Å². The highest BCUT2D eigenvalue weighted by Crippen LogP contribution is 2.26. The molecule has 0 N–H and O–H groups in total. The van der Waals surface area contributed by atoms with Crippen molar-refractivity contribution < 1.29 is 9.53 Å². The van der Waals surface area contributed by atoms with Gasteiger partial charge in [-0.1, -0.05) is 29.3 Å². The lowest BCUT2D eigenvalue weighted by Gasteiger charge is -2.14. The fourth-order valence-corrected chi connectivity index (χ4v) is 4.53. The van der Waals surface area contributed by atoms with Gasteiger partial charge in [-0.2, -0.15) is 0 Å². The molecule has 32 heavy (non-hydrogen) atoms. The van der Waals surface area contributed by atoms with Crippen LogP contribution in [0.3, 0.4) is 0 Å². The van der Waals surface area contributed by atoms with Crippen LogP contribution in [0.5, 0.6) is 5.75 Å². The van der Waals surface area contributed by atoms with E-state index in [1.165, 1.54) is 28.0 Å². The number of hydrogen-bond donors (Lipinski definition) is 0. The van der Waals surface area contributed by atoms with Crippen molar-refractivity contribution >= 4 is 51.2 Å². The maximum absolute atomic E-state index is 13.3. The van der Waals surface area contributed by atoms with Gasteiger partial charge in [0.2, 0.25) is 0 Å². The average molecular weight is 489 g/mol. The molecule has 2 heterocycles. The van der Waals surface area contributed by atoms with Crippen molar-refractivity contribution in [2.45, 2.75) is 20.0 Å². The van der Waals surface area contributed by atoms with Crippen molar-refractivity contribution in [2.75, 3.05) is 6.61 Å². The second-order valence-corrected chi connectivity index (χ2v) is 8.88. The Morgan fingerprint density at radius 2 is 1.88 bits per heavy atom. The van der Waals surface area contributed by atoms with Gasteiger partial charge in [0.05, 0.1) is 35.6 Å². The second-order valence-electron chi connectivity index (χ2n) is 7.00. The molecule has 0 aliphatic carbocycles. The summed E-state index contributed by atoms with van der Waals surface area (Å²) in [6.45, 7) is 2.14. The summed E-state index contributed by atoms with van der Waals surface area (Å²) in [6.07, 6.45) is 0. The molecule has 0 saturated heterocycles. The van der Waals surface area contributed by atoms with Gasteiger partial charge in [-0.25, -0.2) is 4.79 Å². The molecule has 9 heteroatoms. The van der Waals surface area contributed by atoms with E-state index in [2.05, 4.69) is 0 Å². The number of ketones is 1. The Morgan fingerprint density at radius 3 is 2.56 bits per heavy atom. The number of Topliss-reactive ketones (excluding diaryl/α,β-unsaturated/α-hetero) is 1. The maximum atomic E-state index is 13.3. The number of ether oxygens (including phenoxy) is 1. The Labute approximate surface area is 197 Å². The minimum Gasteiger partial charge on any atom is -0.492 e.